The van der Waals surface area contributed by atoms with E-state index in [2.05, 4.69) is 39.8 Å². The first kappa shape index (κ1) is 12.2. The Bertz CT molecular complexity index is 100. The van der Waals surface area contributed by atoms with Gasteiger partial charge in [-0.2, -0.15) is 0 Å². The molecule has 0 aromatic heterocycles. The minimum atomic E-state index is 1.37. The van der Waals surface area contributed by atoms with E-state index in [1.165, 1.54) is 11.1 Å². The summed E-state index contributed by atoms with van der Waals surface area (Å²) in [5, 5.41) is 0. The van der Waals surface area contributed by atoms with Gasteiger partial charge in [0.05, 0.1) is 0 Å². The number of allylic oxidation sites excluding steroid dienone is 4. The zero-order valence-electron chi connectivity index (χ0n) is 8.15. The van der Waals surface area contributed by atoms with Crippen LogP contribution in [0, 0.1) is 0 Å². The molecule has 0 aromatic carbocycles. The fourth-order valence-electron chi connectivity index (χ4n) is 0.455. The molecule has 60 valence electrons. The maximum Gasteiger partial charge on any atom is -0.0399 e. The van der Waals surface area contributed by atoms with E-state index in [0.29, 0.717) is 0 Å². The van der Waals surface area contributed by atoms with Crippen LogP contribution in [0.25, 0.3) is 0 Å². The van der Waals surface area contributed by atoms with Crippen LogP contribution < -0.4 is 0 Å². The summed E-state index contributed by atoms with van der Waals surface area (Å²) in [5.41, 5.74) is 2.74. The van der Waals surface area contributed by atoms with Crippen LogP contribution in [0.5, 0.6) is 0 Å². The fourth-order valence-corrected chi connectivity index (χ4v) is 0.455. The molecule has 0 amide bonds. The summed E-state index contributed by atoms with van der Waals surface area (Å²) >= 11 is 0. The Morgan fingerprint density at radius 1 is 0.800 bits per heavy atom. The molecule has 0 radical (unpaired) electrons. The number of hydrogen-bond donors (Lipinski definition) is 0. The summed E-state index contributed by atoms with van der Waals surface area (Å²) in [6.07, 6.45) is 4.24. The largest absolute Gasteiger partial charge is 0.0845 e. The summed E-state index contributed by atoms with van der Waals surface area (Å²) < 4.78 is 0. The Hall–Kier alpha value is -0.520. The molecule has 0 bridgehead atoms. The molecule has 0 aliphatic carbocycles. The average Bonchev–Trinajstić information content (AvgIpc) is 2.05. The Morgan fingerprint density at radius 3 is 1.10 bits per heavy atom. The van der Waals surface area contributed by atoms with Gasteiger partial charge in [-0.25, -0.2) is 0 Å². The zero-order valence-corrected chi connectivity index (χ0v) is 8.15. The third-order valence-corrected chi connectivity index (χ3v) is 1.49. The van der Waals surface area contributed by atoms with Crippen molar-refractivity contribution < 1.29 is 0 Å². The van der Waals surface area contributed by atoms with Crippen LogP contribution >= 0.6 is 0 Å². The van der Waals surface area contributed by atoms with Crippen LogP contribution in [-0.4, -0.2) is 0 Å². The second-order valence-corrected chi connectivity index (χ2v) is 1.94. The van der Waals surface area contributed by atoms with E-state index in [0.717, 1.165) is 0 Å². The normalized spacial score (nSPS) is 12.2. The van der Waals surface area contributed by atoms with Crippen LogP contribution in [0.2, 0.25) is 0 Å². The lowest BCUT2D eigenvalue weighted by Gasteiger charge is -1.95. The first-order valence-corrected chi connectivity index (χ1v) is 3.98. The standard InChI is InChI=1S/C8H14.C2H6/c1-5-7(3)8(4)6-2;1-2/h5-6H,1-4H3;1-2H3/b7-5-,8-6-;. The van der Waals surface area contributed by atoms with Gasteiger partial charge in [-0.15, -0.1) is 0 Å². The molecule has 0 rings (SSSR count). The van der Waals surface area contributed by atoms with Gasteiger partial charge in [-0.05, 0) is 27.7 Å². The van der Waals surface area contributed by atoms with Gasteiger partial charge in [-0.3, -0.25) is 0 Å². The van der Waals surface area contributed by atoms with Crippen molar-refractivity contribution in [1.82, 2.24) is 0 Å². The van der Waals surface area contributed by atoms with Gasteiger partial charge in [0.25, 0.3) is 0 Å². The third kappa shape index (κ3) is 5.61. The molecule has 0 heteroatoms. The lowest BCUT2D eigenvalue weighted by molar-refractivity contribution is 1.31. The molecule has 0 fully saturated rings. The van der Waals surface area contributed by atoms with E-state index in [-0.39, 0.29) is 0 Å². The molecule has 0 aromatic rings. The van der Waals surface area contributed by atoms with Crippen molar-refractivity contribution in [2.45, 2.75) is 41.5 Å². The van der Waals surface area contributed by atoms with Crippen LogP contribution in [0.15, 0.2) is 23.3 Å². The third-order valence-electron chi connectivity index (χ3n) is 1.49. The SMILES string of the molecule is C/C=C(C)\C(C)=C/C.CC. The van der Waals surface area contributed by atoms with Gasteiger partial charge < -0.3 is 0 Å². The highest BCUT2D eigenvalue weighted by atomic mass is 13.9. The number of rotatable bonds is 1. The molecule has 0 saturated heterocycles. The first-order valence-electron chi connectivity index (χ1n) is 3.98. The van der Waals surface area contributed by atoms with Gasteiger partial charge in [0.1, 0.15) is 0 Å². The van der Waals surface area contributed by atoms with Gasteiger partial charge in [-0.1, -0.05) is 37.1 Å². The number of hydrogen-bond acceptors (Lipinski definition) is 0. The second kappa shape index (κ2) is 8.48. The summed E-state index contributed by atoms with van der Waals surface area (Å²) in [6, 6.07) is 0. The zero-order chi connectivity index (χ0) is 8.57. The van der Waals surface area contributed by atoms with Gasteiger partial charge >= 0.3 is 0 Å². The minimum absolute atomic E-state index is 1.37. The Morgan fingerprint density at radius 2 is 1.00 bits per heavy atom. The molecule has 0 atom stereocenters. The van der Waals surface area contributed by atoms with E-state index >= 15 is 0 Å². The molecule has 0 nitrogen and oxygen atoms in total. The summed E-state index contributed by atoms with van der Waals surface area (Å²) in [5.74, 6) is 0. The van der Waals surface area contributed by atoms with Crippen LogP contribution in [-0.2, 0) is 0 Å². The molecule has 0 unspecified atom stereocenters. The maximum absolute atomic E-state index is 2.12. The van der Waals surface area contributed by atoms with Crippen molar-refractivity contribution in [3.8, 4) is 0 Å². The second-order valence-electron chi connectivity index (χ2n) is 1.94. The van der Waals surface area contributed by atoms with Crippen molar-refractivity contribution >= 4 is 0 Å². The summed E-state index contributed by atoms with van der Waals surface area (Å²) in [6.45, 7) is 12.4. The monoisotopic (exact) mass is 140 g/mol. The van der Waals surface area contributed by atoms with Crippen LogP contribution in [0.1, 0.15) is 41.5 Å². The van der Waals surface area contributed by atoms with Gasteiger partial charge in [0.2, 0.25) is 0 Å². The topological polar surface area (TPSA) is 0 Å². The average molecular weight is 140 g/mol. The predicted octanol–water partition coefficient (Wildman–Crippen LogP) is 3.95. The Kier molecular flexibility index (Phi) is 10.3. The van der Waals surface area contributed by atoms with Crippen molar-refractivity contribution in [1.29, 1.82) is 0 Å². The first-order chi connectivity index (χ1) is 4.72. The van der Waals surface area contributed by atoms with E-state index in [1.807, 2.05) is 13.8 Å². The lowest BCUT2D eigenvalue weighted by atomic mass is 10.1. The highest BCUT2D eigenvalue weighted by molar-refractivity contribution is 5.25. The highest BCUT2D eigenvalue weighted by Gasteiger charge is 1.84. The molecule has 0 spiro atoms. The van der Waals surface area contributed by atoms with Gasteiger partial charge in [0, 0.05) is 0 Å². The smallest absolute Gasteiger partial charge is 0.0399 e. The molecule has 0 aliphatic rings. The van der Waals surface area contributed by atoms with Crippen molar-refractivity contribution in [3.05, 3.63) is 23.3 Å². The van der Waals surface area contributed by atoms with E-state index in [9.17, 15) is 0 Å². The van der Waals surface area contributed by atoms with E-state index < -0.39 is 0 Å². The fraction of sp³-hybridized carbons (Fsp3) is 0.600. The van der Waals surface area contributed by atoms with Crippen molar-refractivity contribution in [3.63, 3.8) is 0 Å². The van der Waals surface area contributed by atoms with Crippen molar-refractivity contribution in [2.24, 2.45) is 0 Å². The lowest BCUT2D eigenvalue weighted by Crippen LogP contribution is -1.74. The molecule has 10 heavy (non-hydrogen) atoms. The molecular formula is C10H20. The Labute approximate surface area is 65.7 Å². The van der Waals surface area contributed by atoms with Crippen LogP contribution in [0.4, 0.5) is 0 Å². The quantitative estimate of drug-likeness (QED) is 0.484. The van der Waals surface area contributed by atoms with Crippen molar-refractivity contribution in [2.75, 3.05) is 0 Å². The van der Waals surface area contributed by atoms with Gasteiger partial charge in [0.15, 0.2) is 0 Å². The molecule has 0 saturated carbocycles. The highest BCUT2D eigenvalue weighted by Crippen LogP contribution is 2.05. The summed E-state index contributed by atoms with van der Waals surface area (Å²) in [4.78, 5) is 0. The molecule has 0 heterocycles. The van der Waals surface area contributed by atoms with E-state index in [1.54, 1.807) is 0 Å². The van der Waals surface area contributed by atoms with E-state index in [4.69, 9.17) is 0 Å². The summed E-state index contributed by atoms with van der Waals surface area (Å²) in [7, 11) is 0. The molecule has 0 N–H and O–H groups in total. The molecule has 0 aliphatic heterocycles. The minimum Gasteiger partial charge on any atom is -0.0845 e. The maximum atomic E-state index is 2.12. The van der Waals surface area contributed by atoms with Crippen LogP contribution in [0.3, 0.4) is 0 Å². The molecular weight excluding hydrogens is 120 g/mol. The predicted molar refractivity (Wildman–Crippen MR) is 50.2 cm³/mol. The Balaban J connectivity index is 0.